The van der Waals surface area contributed by atoms with Gasteiger partial charge in [-0.1, -0.05) is 148 Å². The third-order valence-corrected chi connectivity index (χ3v) is 11.8. The SMILES string of the molecule is Cc1cccc2c1-c1ccc(N(c3ccc(C4CCCCC4)cc3)c3cc4ccccc4cc3-c3ccccc3-c3ccccc3)cc1C2(C)C. The van der Waals surface area contributed by atoms with Crippen LogP contribution in [0.4, 0.5) is 17.1 Å². The van der Waals surface area contributed by atoms with E-state index in [1.807, 2.05) is 0 Å². The van der Waals surface area contributed by atoms with Crippen LogP contribution in [0.5, 0.6) is 0 Å². The molecule has 0 aromatic heterocycles. The quantitative estimate of drug-likeness (QED) is 0.172. The fraction of sp³-hybridized carbons (Fsp3) is 0.200. The number of rotatable bonds is 6. The lowest BCUT2D eigenvalue weighted by atomic mass is 9.82. The number of nitrogens with zero attached hydrogens (tertiary/aromatic N) is 1. The average Bonchev–Trinajstić information content (AvgIpc) is 3.42. The molecule has 0 bridgehead atoms. The first kappa shape index (κ1) is 31.6. The first-order chi connectivity index (χ1) is 25.0. The Morgan fingerprint density at radius 2 is 1.18 bits per heavy atom. The summed E-state index contributed by atoms with van der Waals surface area (Å²) in [6.07, 6.45) is 6.65. The Morgan fingerprint density at radius 3 is 1.94 bits per heavy atom. The molecule has 51 heavy (non-hydrogen) atoms. The number of fused-ring (bicyclic) bond motifs is 4. The first-order valence-corrected chi connectivity index (χ1v) is 18.8. The molecule has 1 saturated carbocycles. The third kappa shape index (κ3) is 5.47. The van der Waals surface area contributed by atoms with Gasteiger partial charge in [0, 0.05) is 22.4 Å². The number of aryl methyl sites for hydroxylation is 1. The van der Waals surface area contributed by atoms with Crippen LogP contribution in [0.15, 0.2) is 152 Å². The largest absolute Gasteiger partial charge is 0.310 e. The summed E-state index contributed by atoms with van der Waals surface area (Å²) in [6.45, 7) is 7.03. The summed E-state index contributed by atoms with van der Waals surface area (Å²) in [6, 6.07) is 57.0. The molecule has 9 rings (SSSR count). The van der Waals surface area contributed by atoms with Gasteiger partial charge in [-0.15, -0.1) is 0 Å². The zero-order valence-corrected chi connectivity index (χ0v) is 30.0. The Balaban J connectivity index is 1.29. The molecule has 2 aliphatic carbocycles. The Bertz CT molecular complexity index is 2370. The van der Waals surface area contributed by atoms with Gasteiger partial charge in [-0.2, -0.15) is 0 Å². The van der Waals surface area contributed by atoms with Crippen molar-refractivity contribution in [3.63, 3.8) is 0 Å². The predicted octanol–water partition coefficient (Wildman–Crippen LogP) is 14.3. The van der Waals surface area contributed by atoms with Crippen molar-refractivity contribution in [1.29, 1.82) is 0 Å². The summed E-state index contributed by atoms with van der Waals surface area (Å²) in [4.78, 5) is 2.53. The average molecular weight is 660 g/mol. The molecule has 7 aromatic carbocycles. The van der Waals surface area contributed by atoms with E-state index in [9.17, 15) is 0 Å². The van der Waals surface area contributed by atoms with E-state index < -0.39 is 0 Å². The van der Waals surface area contributed by atoms with Gasteiger partial charge < -0.3 is 4.90 Å². The molecule has 7 aromatic rings. The highest BCUT2D eigenvalue weighted by molar-refractivity contribution is 6.01. The predicted molar refractivity (Wildman–Crippen MR) is 218 cm³/mol. The summed E-state index contributed by atoms with van der Waals surface area (Å²) < 4.78 is 0. The Hall–Kier alpha value is -5.40. The van der Waals surface area contributed by atoms with Crippen molar-refractivity contribution in [2.24, 2.45) is 0 Å². The maximum absolute atomic E-state index is 2.53. The minimum Gasteiger partial charge on any atom is -0.310 e. The molecule has 0 amide bonds. The monoisotopic (exact) mass is 659 g/mol. The van der Waals surface area contributed by atoms with Crippen molar-refractivity contribution in [2.45, 2.75) is 64.2 Å². The van der Waals surface area contributed by atoms with Gasteiger partial charge in [-0.25, -0.2) is 0 Å². The van der Waals surface area contributed by atoms with Crippen LogP contribution in [0.25, 0.3) is 44.2 Å². The van der Waals surface area contributed by atoms with Gasteiger partial charge in [0.05, 0.1) is 5.69 Å². The van der Waals surface area contributed by atoms with Crippen molar-refractivity contribution in [3.8, 4) is 33.4 Å². The summed E-state index contributed by atoms with van der Waals surface area (Å²) in [7, 11) is 0. The minimum absolute atomic E-state index is 0.102. The Labute approximate surface area is 303 Å². The fourth-order valence-corrected chi connectivity index (χ4v) is 9.07. The molecule has 1 nitrogen and oxygen atoms in total. The Morgan fingerprint density at radius 1 is 0.510 bits per heavy atom. The molecule has 1 heteroatoms. The molecule has 2 aliphatic rings. The van der Waals surface area contributed by atoms with Crippen LogP contribution < -0.4 is 4.90 Å². The van der Waals surface area contributed by atoms with E-state index in [-0.39, 0.29) is 5.41 Å². The van der Waals surface area contributed by atoms with Crippen LogP contribution in [0.2, 0.25) is 0 Å². The molecule has 0 atom stereocenters. The second-order valence-corrected chi connectivity index (χ2v) is 15.2. The van der Waals surface area contributed by atoms with E-state index in [0.29, 0.717) is 5.92 Å². The number of anilines is 3. The van der Waals surface area contributed by atoms with Crippen molar-refractivity contribution >= 4 is 27.8 Å². The highest BCUT2D eigenvalue weighted by atomic mass is 15.1. The summed E-state index contributed by atoms with van der Waals surface area (Å²) in [5.74, 6) is 0.665. The van der Waals surface area contributed by atoms with E-state index in [2.05, 4.69) is 177 Å². The summed E-state index contributed by atoms with van der Waals surface area (Å²) >= 11 is 0. The molecule has 1 fully saturated rings. The lowest BCUT2D eigenvalue weighted by Gasteiger charge is -2.31. The van der Waals surface area contributed by atoms with Crippen LogP contribution in [0.3, 0.4) is 0 Å². The number of benzene rings is 7. The van der Waals surface area contributed by atoms with E-state index in [0.717, 1.165) is 0 Å². The molecular formula is C50H45N. The molecule has 0 N–H and O–H groups in total. The zero-order chi connectivity index (χ0) is 34.5. The Kier molecular flexibility index (Phi) is 7.88. The summed E-state index contributed by atoms with van der Waals surface area (Å²) in [5, 5.41) is 2.48. The van der Waals surface area contributed by atoms with Crippen molar-refractivity contribution in [1.82, 2.24) is 0 Å². The van der Waals surface area contributed by atoms with Gasteiger partial charge in [0.2, 0.25) is 0 Å². The molecule has 250 valence electrons. The second kappa shape index (κ2) is 12.7. The maximum Gasteiger partial charge on any atom is 0.0546 e. The van der Waals surface area contributed by atoms with E-state index >= 15 is 0 Å². The number of hydrogen-bond acceptors (Lipinski definition) is 1. The second-order valence-electron chi connectivity index (χ2n) is 15.2. The van der Waals surface area contributed by atoms with Crippen LogP contribution in [0, 0.1) is 6.92 Å². The highest BCUT2D eigenvalue weighted by Gasteiger charge is 2.37. The molecule has 0 aliphatic heterocycles. The van der Waals surface area contributed by atoms with Gasteiger partial charge >= 0.3 is 0 Å². The lowest BCUT2D eigenvalue weighted by molar-refractivity contribution is 0.443. The van der Waals surface area contributed by atoms with E-state index in [1.54, 1.807) is 0 Å². The highest BCUT2D eigenvalue weighted by Crippen LogP contribution is 2.53. The number of hydrogen-bond donors (Lipinski definition) is 0. The molecule has 0 saturated heterocycles. The van der Waals surface area contributed by atoms with Crippen LogP contribution >= 0.6 is 0 Å². The van der Waals surface area contributed by atoms with Gasteiger partial charge in [0.15, 0.2) is 0 Å². The van der Waals surface area contributed by atoms with Gasteiger partial charge in [-0.3, -0.25) is 0 Å². The molecule has 0 unspecified atom stereocenters. The molecule has 0 radical (unpaired) electrons. The molecule has 0 heterocycles. The smallest absolute Gasteiger partial charge is 0.0546 e. The topological polar surface area (TPSA) is 3.24 Å². The normalized spacial score (nSPS) is 15.0. The van der Waals surface area contributed by atoms with Crippen molar-refractivity contribution in [2.75, 3.05) is 4.90 Å². The van der Waals surface area contributed by atoms with Crippen molar-refractivity contribution in [3.05, 3.63) is 174 Å². The first-order valence-electron chi connectivity index (χ1n) is 18.8. The fourth-order valence-electron chi connectivity index (χ4n) is 9.07. The lowest BCUT2D eigenvalue weighted by Crippen LogP contribution is -2.17. The van der Waals surface area contributed by atoms with Gasteiger partial charge in [-0.05, 0) is 123 Å². The molecular weight excluding hydrogens is 615 g/mol. The van der Waals surface area contributed by atoms with E-state index in [1.165, 1.54) is 116 Å². The standard InChI is InChI=1S/C50H45N/c1-34-15-14-24-46-49(34)44-30-29-41(33-47(44)50(46,2)3)51(40-27-25-36(26-28-40)35-16-6-4-7-17-35)48-32-39-21-11-10-20-38(39)31-45(48)43-23-13-12-22-42(43)37-18-8-5-9-19-37/h5,8-15,18-33,35H,4,6-7,16-17H2,1-3H3. The third-order valence-electron chi connectivity index (χ3n) is 11.8. The van der Waals surface area contributed by atoms with Gasteiger partial charge in [0.1, 0.15) is 0 Å². The summed E-state index contributed by atoms with van der Waals surface area (Å²) in [5.41, 5.74) is 16.8. The molecule has 0 spiro atoms. The zero-order valence-electron chi connectivity index (χ0n) is 30.0. The minimum atomic E-state index is -0.102. The van der Waals surface area contributed by atoms with Gasteiger partial charge in [0.25, 0.3) is 0 Å². The van der Waals surface area contributed by atoms with Crippen LogP contribution in [0.1, 0.15) is 74.1 Å². The van der Waals surface area contributed by atoms with Crippen LogP contribution in [-0.4, -0.2) is 0 Å². The van der Waals surface area contributed by atoms with Crippen LogP contribution in [-0.2, 0) is 5.41 Å². The maximum atomic E-state index is 2.53. The van der Waals surface area contributed by atoms with Crippen molar-refractivity contribution < 1.29 is 0 Å². The van der Waals surface area contributed by atoms with E-state index in [4.69, 9.17) is 0 Å².